The quantitative estimate of drug-likeness (QED) is 0.237. The van der Waals surface area contributed by atoms with Gasteiger partial charge >= 0.3 is 12.1 Å². The minimum atomic E-state index is -5.33. The summed E-state index contributed by atoms with van der Waals surface area (Å²) in [4.78, 5) is 25.3. The highest BCUT2D eigenvalue weighted by atomic mass is 19.4. The summed E-state index contributed by atoms with van der Waals surface area (Å²) >= 11 is 0. The molecule has 1 saturated heterocycles. The third-order valence-corrected chi connectivity index (χ3v) is 5.52. The summed E-state index contributed by atoms with van der Waals surface area (Å²) in [6, 6.07) is 5.28. The number of nitrogens with two attached hydrogens (primary N) is 1. The van der Waals surface area contributed by atoms with Crippen LogP contribution in [0.25, 0.3) is 11.2 Å². The number of aliphatic hydroxyl groups excluding tert-OH is 1. The molecule has 200 valence electrons. The number of nitrogens with one attached hydrogen (secondary N) is 1. The summed E-state index contributed by atoms with van der Waals surface area (Å²) in [6.07, 6.45) is -10.8. The number of halogens is 4. The van der Waals surface area contributed by atoms with Crippen LogP contribution in [0.4, 0.5) is 35.0 Å². The number of anilines is 3. The van der Waals surface area contributed by atoms with E-state index >= 15 is 0 Å². The van der Waals surface area contributed by atoms with Crippen LogP contribution in [0.3, 0.4) is 0 Å². The lowest BCUT2D eigenvalue weighted by atomic mass is 10.1. The standard InChI is InChI=1S/C20H18F4N10O4/c1-2-34-31-15(30-32-34)13-12(38-18(36)20(22,23)24)11(35)17(37-13)33-7-26-10-14(25)28-19(29-16(10)33)27-9-5-3-8(21)4-6-9/h3-7,11-13,17,35H,2H2,1H3,(H3,25,27,28,29)/t11-,12+,13+,17-/m1/s1. The SMILES string of the molecule is CCn1nnc([C@H]2O[C@@H](n3cnc4c(N)nc(Nc5ccc(F)cc5)nc43)[C@H](O)[C@@H]2OC(=O)C(F)(F)F)n1. The number of benzene rings is 1. The first kappa shape index (κ1) is 25.2. The van der Waals surface area contributed by atoms with Gasteiger partial charge in [0.1, 0.15) is 17.4 Å². The largest absolute Gasteiger partial charge is 0.490 e. The molecule has 0 amide bonds. The fraction of sp³-hybridized carbons (Fsp3) is 0.350. The molecule has 0 aliphatic carbocycles. The fourth-order valence-corrected chi connectivity index (χ4v) is 3.76. The van der Waals surface area contributed by atoms with Gasteiger partial charge in [-0.3, -0.25) is 4.57 Å². The molecule has 0 spiro atoms. The number of alkyl halides is 3. The number of nitrogens with zero attached hydrogens (tertiary/aromatic N) is 8. The van der Waals surface area contributed by atoms with Gasteiger partial charge in [0.15, 0.2) is 29.9 Å². The van der Waals surface area contributed by atoms with E-state index in [1.807, 2.05) is 0 Å². The van der Waals surface area contributed by atoms with Gasteiger partial charge in [-0.2, -0.15) is 27.9 Å². The average Bonchev–Trinajstić information content (AvgIpc) is 3.58. The predicted molar refractivity (Wildman–Crippen MR) is 118 cm³/mol. The molecule has 0 radical (unpaired) electrons. The molecule has 18 heteroatoms. The molecule has 3 aromatic heterocycles. The number of rotatable bonds is 6. The van der Waals surface area contributed by atoms with E-state index in [0.717, 1.165) is 4.80 Å². The second-order valence-corrected chi connectivity index (χ2v) is 8.03. The van der Waals surface area contributed by atoms with Crippen molar-refractivity contribution in [2.24, 2.45) is 0 Å². The van der Waals surface area contributed by atoms with Crippen molar-refractivity contribution in [1.82, 2.24) is 39.7 Å². The highest BCUT2D eigenvalue weighted by Crippen LogP contribution is 2.41. The molecular weight excluding hydrogens is 520 g/mol. The predicted octanol–water partition coefficient (Wildman–Crippen LogP) is 1.40. The molecule has 1 aliphatic heterocycles. The van der Waals surface area contributed by atoms with Crippen LogP contribution in [-0.2, 0) is 20.8 Å². The lowest BCUT2D eigenvalue weighted by molar-refractivity contribution is -0.210. The highest BCUT2D eigenvalue weighted by Gasteiger charge is 2.53. The fourth-order valence-electron chi connectivity index (χ4n) is 3.76. The normalized spacial score (nSPS) is 21.6. The second kappa shape index (κ2) is 9.45. The average molecular weight is 538 g/mol. The molecule has 4 N–H and O–H groups in total. The number of imidazole rings is 1. The highest BCUT2D eigenvalue weighted by molar-refractivity contribution is 5.83. The van der Waals surface area contributed by atoms with Gasteiger partial charge in [-0.25, -0.2) is 14.2 Å². The van der Waals surface area contributed by atoms with Gasteiger partial charge in [0.2, 0.25) is 11.8 Å². The molecular formula is C20H18F4N10O4. The Morgan fingerprint density at radius 3 is 2.66 bits per heavy atom. The topological polar surface area (TPSA) is 181 Å². The number of tetrazole rings is 1. The number of ether oxygens (including phenoxy) is 2. The van der Waals surface area contributed by atoms with E-state index in [-0.39, 0.29) is 35.3 Å². The first-order valence-corrected chi connectivity index (χ1v) is 11.0. The molecule has 38 heavy (non-hydrogen) atoms. The zero-order valence-electron chi connectivity index (χ0n) is 19.2. The van der Waals surface area contributed by atoms with Crippen LogP contribution >= 0.6 is 0 Å². The Hall–Kier alpha value is -4.45. The van der Waals surface area contributed by atoms with Crippen molar-refractivity contribution >= 4 is 34.6 Å². The summed E-state index contributed by atoms with van der Waals surface area (Å²) < 4.78 is 63.7. The number of aryl methyl sites for hydroxylation is 1. The van der Waals surface area contributed by atoms with Crippen molar-refractivity contribution in [3.8, 4) is 0 Å². The van der Waals surface area contributed by atoms with Crippen molar-refractivity contribution < 1.29 is 36.9 Å². The minimum absolute atomic E-state index is 0.0258. The van der Waals surface area contributed by atoms with Crippen molar-refractivity contribution in [3.05, 3.63) is 42.2 Å². The first-order valence-electron chi connectivity index (χ1n) is 11.0. The zero-order chi connectivity index (χ0) is 27.2. The Morgan fingerprint density at radius 1 is 1.26 bits per heavy atom. The van der Waals surface area contributed by atoms with Crippen LogP contribution in [0.2, 0.25) is 0 Å². The van der Waals surface area contributed by atoms with Gasteiger partial charge in [0.05, 0.1) is 12.9 Å². The van der Waals surface area contributed by atoms with Crippen molar-refractivity contribution in [3.63, 3.8) is 0 Å². The van der Waals surface area contributed by atoms with Gasteiger partial charge in [-0.1, -0.05) is 0 Å². The molecule has 0 bridgehead atoms. The molecule has 1 aliphatic rings. The van der Waals surface area contributed by atoms with Crippen LogP contribution in [-0.4, -0.2) is 69.2 Å². The lowest BCUT2D eigenvalue weighted by Gasteiger charge is -2.20. The number of carbonyl (C=O) groups excluding carboxylic acids is 1. The maximum absolute atomic E-state index is 13.2. The van der Waals surface area contributed by atoms with Crippen molar-refractivity contribution in [2.75, 3.05) is 11.1 Å². The minimum Gasteiger partial charge on any atom is -0.449 e. The molecule has 0 unspecified atom stereocenters. The number of hydrogen-bond acceptors (Lipinski definition) is 12. The Labute approximate surface area is 209 Å². The number of aliphatic hydroxyl groups is 1. The molecule has 4 aromatic rings. The van der Waals surface area contributed by atoms with Gasteiger partial charge in [-0.15, -0.1) is 10.2 Å². The number of aromatic nitrogens is 8. The molecule has 5 rings (SSSR count). The second-order valence-electron chi connectivity index (χ2n) is 8.03. The molecule has 1 fully saturated rings. The van der Waals surface area contributed by atoms with Crippen LogP contribution in [0, 0.1) is 5.82 Å². The van der Waals surface area contributed by atoms with Crippen LogP contribution in [0.15, 0.2) is 30.6 Å². The molecule has 4 heterocycles. The third kappa shape index (κ3) is 4.65. The van der Waals surface area contributed by atoms with E-state index in [2.05, 4.69) is 40.4 Å². The lowest BCUT2D eigenvalue weighted by Crippen LogP contribution is -2.38. The maximum atomic E-state index is 13.2. The van der Waals surface area contributed by atoms with Crippen LogP contribution in [0.5, 0.6) is 0 Å². The summed E-state index contributed by atoms with van der Waals surface area (Å²) in [5.74, 6) is -3.31. The monoisotopic (exact) mass is 538 g/mol. The number of fused-ring (bicyclic) bond motifs is 1. The number of carbonyl (C=O) groups is 1. The van der Waals surface area contributed by atoms with Gasteiger partial charge < -0.3 is 25.6 Å². The third-order valence-electron chi connectivity index (χ3n) is 5.52. The summed E-state index contributed by atoms with van der Waals surface area (Å²) in [5.41, 5.74) is 6.55. The smallest absolute Gasteiger partial charge is 0.449 e. The van der Waals surface area contributed by atoms with E-state index in [1.165, 1.54) is 35.2 Å². The molecule has 14 nitrogen and oxygen atoms in total. The summed E-state index contributed by atoms with van der Waals surface area (Å²) in [5, 5.41) is 25.3. The molecule has 4 atom stereocenters. The number of nitrogen functional groups attached to an aromatic ring is 1. The van der Waals surface area contributed by atoms with E-state index < -0.39 is 42.5 Å². The van der Waals surface area contributed by atoms with Gasteiger partial charge in [0, 0.05) is 5.69 Å². The van der Waals surface area contributed by atoms with Gasteiger partial charge in [-0.05, 0) is 36.4 Å². The maximum Gasteiger partial charge on any atom is 0.490 e. The summed E-state index contributed by atoms with van der Waals surface area (Å²) in [6.45, 7) is 1.98. The van der Waals surface area contributed by atoms with Crippen LogP contribution in [0.1, 0.15) is 25.1 Å². The Bertz CT molecular complexity index is 1470. The van der Waals surface area contributed by atoms with Gasteiger partial charge in [0.25, 0.3) is 0 Å². The Kier molecular flexibility index (Phi) is 6.27. The summed E-state index contributed by atoms with van der Waals surface area (Å²) in [7, 11) is 0. The van der Waals surface area contributed by atoms with E-state index in [4.69, 9.17) is 10.5 Å². The Balaban J connectivity index is 1.51. The van der Waals surface area contributed by atoms with Crippen molar-refractivity contribution in [1.29, 1.82) is 0 Å². The van der Waals surface area contributed by atoms with E-state index in [0.29, 0.717) is 5.69 Å². The number of hydrogen-bond donors (Lipinski definition) is 3. The van der Waals surface area contributed by atoms with Crippen LogP contribution < -0.4 is 11.1 Å². The molecule has 0 saturated carbocycles. The Morgan fingerprint density at radius 2 is 2.00 bits per heavy atom. The first-order chi connectivity index (χ1) is 18.0. The zero-order valence-corrected chi connectivity index (χ0v) is 19.2. The molecule has 1 aromatic carbocycles. The number of esters is 1. The van der Waals surface area contributed by atoms with E-state index in [1.54, 1.807) is 6.92 Å². The van der Waals surface area contributed by atoms with Crippen molar-refractivity contribution in [2.45, 2.75) is 44.2 Å². The van der Waals surface area contributed by atoms with E-state index in [9.17, 15) is 27.5 Å².